The summed E-state index contributed by atoms with van der Waals surface area (Å²) in [5.74, 6) is 0.667. The summed E-state index contributed by atoms with van der Waals surface area (Å²) < 4.78 is 0. The highest BCUT2D eigenvalue weighted by Crippen LogP contribution is 1.51. The van der Waals surface area contributed by atoms with Crippen molar-refractivity contribution in [3.05, 3.63) is 0 Å². The van der Waals surface area contributed by atoms with Gasteiger partial charge in [-0.15, -0.1) is 0 Å². The maximum absolute atomic E-state index is 9.44. The topological polar surface area (TPSA) is 85.3 Å². The summed E-state index contributed by atoms with van der Waals surface area (Å²) in [6.45, 7) is 17.7. The van der Waals surface area contributed by atoms with Crippen molar-refractivity contribution in [3.8, 4) is 0 Å². The van der Waals surface area contributed by atoms with Crippen LogP contribution >= 0.6 is 0 Å². The minimum Gasteiger partial charge on any atom is -0.304 e. The highest BCUT2D eigenvalue weighted by Gasteiger charge is 1.63. The monoisotopic (exact) mass is 322 g/mol. The highest BCUT2D eigenvalue weighted by molar-refractivity contribution is 5.72. The molecule has 5 nitrogen and oxygen atoms in total. The predicted octanol–water partition coefficient (Wildman–Crippen LogP) is 4.25. The zero-order valence-electron chi connectivity index (χ0n) is 15.6. The number of Topliss-reactive ketones (excluding diaryl/α,β-unsaturated/α-hetero) is 4. The first-order chi connectivity index (χ1) is 9.34. The summed E-state index contributed by atoms with van der Waals surface area (Å²) >= 11 is 0. The van der Waals surface area contributed by atoms with E-state index >= 15 is 0 Å². The number of hydrogen-bond donors (Lipinski definition) is 0. The Hall–Kier alpha value is -1.65. The molecule has 0 unspecified atom stereocenters. The van der Waals surface area contributed by atoms with Gasteiger partial charge in [0.05, 0.1) is 0 Å². The molecular weight excluding hydrogens is 284 g/mol. The average Bonchev–Trinajstić information content (AvgIpc) is 2.16. The zero-order chi connectivity index (χ0) is 19.0. The largest absolute Gasteiger partial charge is 0.304 e. The van der Waals surface area contributed by atoms with Crippen molar-refractivity contribution < 1.29 is 24.0 Å². The molecule has 0 aromatic rings. The Morgan fingerprint density at radius 1 is 0.545 bits per heavy atom. The molecule has 0 radical (unpaired) electrons. The van der Waals surface area contributed by atoms with E-state index in [1.807, 2.05) is 13.8 Å². The van der Waals surface area contributed by atoms with Crippen LogP contribution in [0.3, 0.4) is 0 Å². The first-order valence-electron chi connectivity index (χ1n) is 6.63. The molecule has 0 rings (SSSR count). The molecule has 0 saturated carbocycles. The molecule has 22 heavy (non-hydrogen) atoms. The van der Waals surface area contributed by atoms with Crippen LogP contribution in [0.4, 0.5) is 0 Å². The lowest BCUT2D eigenvalue weighted by Gasteiger charge is -1.56. The molecule has 5 heteroatoms. The second-order valence-electron chi connectivity index (χ2n) is 3.87. The third kappa shape index (κ3) is 2030. The van der Waals surface area contributed by atoms with Crippen LogP contribution in [0.2, 0.25) is 0 Å². The van der Waals surface area contributed by atoms with Gasteiger partial charge in [-0.3, -0.25) is 0 Å². The first kappa shape index (κ1) is 42.8. The Labute approximate surface area is 137 Å². The smallest absolute Gasteiger partial charge is 0.126 e. The lowest BCUT2D eigenvalue weighted by atomic mass is 10.6. The lowest BCUT2D eigenvalue weighted by Crippen LogP contribution is -1.69. The SMILES string of the molecule is C.CC.CC(C)=O.CC(C)=O.CC(C)=O.CC(C)=O.CC=O. The Balaban J connectivity index is -0.0000000247. The second-order valence-corrected chi connectivity index (χ2v) is 3.87. The van der Waals surface area contributed by atoms with Crippen LogP contribution in [0.1, 0.15) is 83.6 Å². The van der Waals surface area contributed by atoms with Gasteiger partial charge in [-0.05, 0) is 62.3 Å². The Bertz CT molecular complexity index is 192. The van der Waals surface area contributed by atoms with E-state index in [2.05, 4.69) is 0 Å². The predicted molar refractivity (Wildman–Crippen MR) is 95.2 cm³/mol. The van der Waals surface area contributed by atoms with E-state index in [-0.39, 0.29) is 30.6 Å². The Kier molecular flexibility index (Phi) is 98.3. The van der Waals surface area contributed by atoms with Gasteiger partial charge in [0.15, 0.2) is 0 Å². The molecule has 0 saturated heterocycles. The molecule has 0 aliphatic rings. The van der Waals surface area contributed by atoms with Gasteiger partial charge < -0.3 is 24.0 Å². The van der Waals surface area contributed by atoms with Crippen LogP contribution in [0.25, 0.3) is 0 Å². The number of carbonyl (C=O) groups is 5. The van der Waals surface area contributed by atoms with E-state index in [1.165, 1.54) is 62.3 Å². The molecule has 0 atom stereocenters. The molecule has 0 spiro atoms. The van der Waals surface area contributed by atoms with Crippen molar-refractivity contribution in [2.45, 2.75) is 83.6 Å². The van der Waals surface area contributed by atoms with Gasteiger partial charge in [0.1, 0.15) is 29.4 Å². The molecular formula is C17H38O5. The van der Waals surface area contributed by atoms with Crippen molar-refractivity contribution in [2.75, 3.05) is 0 Å². The second kappa shape index (κ2) is 50.6. The molecule has 0 aliphatic heterocycles. The van der Waals surface area contributed by atoms with Gasteiger partial charge >= 0.3 is 0 Å². The fourth-order valence-electron chi connectivity index (χ4n) is 0. The van der Waals surface area contributed by atoms with Crippen LogP contribution < -0.4 is 0 Å². The fourth-order valence-corrected chi connectivity index (χ4v) is 0. The van der Waals surface area contributed by atoms with Crippen molar-refractivity contribution >= 4 is 29.4 Å². The maximum Gasteiger partial charge on any atom is 0.126 e. The molecule has 0 amide bonds. The summed E-state index contributed by atoms with van der Waals surface area (Å²) in [5, 5.41) is 0. The van der Waals surface area contributed by atoms with Crippen LogP contribution in [-0.2, 0) is 24.0 Å². The van der Waals surface area contributed by atoms with E-state index in [1.54, 1.807) is 0 Å². The number of hydrogen-bond acceptors (Lipinski definition) is 5. The molecule has 0 aromatic heterocycles. The standard InChI is InChI=1S/4C3H6O.C2H4O.C2H6.CH4/c4*1-3(2)4;1-2-3;1-2;/h4*1-2H3;2H,1H3;1-2H3;1H4. The minimum atomic E-state index is 0. The number of aldehydes is 1. The molecule has 0 fully saturated rings. The van der Waals surface area contributed by atoms with Crippen molar-refractivity contribution in [1.29, 1.82) is 0 Å². The zero-order valence-corrected chi connectivity index (χ0v) is 15.6. The normalized spacial score (nSPS) is 5.59. The summed E-state index contributed by atoms with van der Waals surface area (Å²) in [6.07, 6.45) is 0.750. The van der Waals surface area contributed by atoms with Crippen LogP contribution in [0.15, 0.2) is 0 Å². The van der Waals surface area contributed by atoms with Crippen molar-refractivity contribution in [1.82, 2.24) is 0 Å². The molecule has 136 valence electrons. The summed E-state index contributed by atoms with van der Waals surface area (Å²) in [6, 6.07) is 0. The maximum atomic E-state index is 9.44. The van der Waals surface area contributed by atoms with Gasteiger partial charge in [0, 0.05) is 0 Å². The van der Waals surface area contributed by atoms with E-state index in [0.717, 1.165) is 6.29 Å². The molecule has 0 aliphatic carbocycles. The van der Waals surface area contributed by atoms with E-state index in [9.17, 15) is 19.2 Å². The molecule has 0 aromatic carbocycles. The summed E-state index contributed by atoms with van der Waals surface area (Å²) in [4.78, 5) is 46.6. The van der Waals surface area contributed by atoms with Gasteiger partial charge in [0.2, 0.25) is 0 Å². The minimum absolute atomic E-state index is 0. The Morgan fingerprint density at radius 3 is 0.545 bits per heavy atom. The molecule has 0 N–H and O–H groups in total. The van der Waals surface area contributed by atoms with Crippen LogP contribution in [-0.4, -0.2) is 29.4 Å². The van der Waals surface area contributed by atoms with E-state index in [0.29, 0.717) is 0 Å². The van der Waals surface area contributed by atoms with Crippen LogP contribution in [0, 0.1) is 0 Å². The molecule has 0 bridgehead atoms. The van der Waals surface area contributed by atoms with Crippen LogP contribution in [0.5, 0.6) is 0 Å². The van der Waals surface area contributed by atoms with E-state index in [4.69, 9.17) is 4.79 Å². The van der Waals surface area contributed by atoms with Gasteiger partial charge in [-0.25, -0.2) is 0 Å². The van der Waals surface area contributed by atoms with E-state index < -0.39 is 0 Å². The van der Waals surface area contributed by atoms with Gasteiger partial charge in [-0.1, -0.05) is 21.3 Å². The molecule has 0 heterocycles. The number of rotatable bonds is 0. The lowest BCUT2D eigenvalue weighted by molar-refractivity contribution is -0.115. The van der Waals surface area contributed by atoms with Gasteiger partial charge in [0.25, 0.3) is 0 Å². The van der Waals surface area contributed by atoms with Gasteiger partial charge in [-0.2, -0.15) is 0 Å². The third-order valence-corrected chi connectivity index (χ3v) is 0. The van der Waals surface area contributed by atoms with Crippen molar-refractivity contribution in [3.63, 3.8) is 0 Å². The fraction of sp³-hybridized carbons (Fsp3) is 0.706. The number of ketones is 4. The number of carbonyl (C=O) groups excluding carboxylic acids is 5. The Morgan fingerprint density at radius 2 is 0.545 bits per heavy atom. The summed E-state index contributed by atoms with van der Waals surface area (Å²) in [5.41, 5.74) is 0. The highest BCUT2D eigenvalue weighted by atomic mass is 16.1. The summed E-state index contributed by atoms with van der Waals surface area (Å²) in [7, 11) is 0. The van der Waals surface area contributed by atoms with Crippen molar-refractivity contribution in [2.24, 2.45) is 0 Å². The third-order valence-electron chi connectivity index (χ3n) is 0. The quantitative estimate of drug-likeness (QED) is 0.622. The first-order valence-corrected chi connectivity index (χ1v) is 6.63. The average molecular weight is 322 g/mol.